The van der Waals surface area contributed by atoms with E-state index in [1.165, 1.54) is 0 Å². The van der Waals surface area contributed by atoms with Gasteiger partial charge in [-0.3, -0.25) is 0 Å². The van der Waals surface area contributed by atoms with E-state index in [0.29, 0.717) is 23.4 Å². The average Bonchev–Trinajstić information content (AvgIpc) is 2.51. The van der Waals surface area contributed by atoms with Gasteiger partial charge < -0.3 is 10.8 Å². The molecule has 0 aliphatic heterocycles. The molecule has 1 rings (SSSR count). The smallest absolute Gasteiger partial charge is 0.178 e. The zero-order valence-corrected chi connectivity index (χ0v) is 14.5. The minimum atomic E-state index is -3.32. The van der Waals surface area contributed by atoms with Gasteiger partial charge in [0, 0.05) is 0 Å². The summed E-state index contributed by atoms with van der Waals surface area (Å²) in [5.41, 5.74) is 6.06. The van der Waals surface area contributed by atoms with Crippen molar-refractivity contribution in [1.82, 2.24) is 0 Å². The second-order valence-corrected chi connectivity index (χ2v) is 7.90. The third kappa shape index (κ3) is 5.71. The highest BCUT2D eigenvalue weighted by atomic mass is 32.2. The minimum Gasteiger partial charge on any atom is -0.388 e. The molecule has 1 aromatic carbocycles. The van der Waals surface area contributed by atoms with Gasteiger partial charge in [0.2, 0.25) is 0 Å². The zero-order chi connectivity index (χ0) is 16.6. The first-order valence-corrected chi connectivity index (χ1v) is 9.80. The molecular formula is C17H29NO3S. The van der Waals surface area contributed by atoms with Gasteiger partial charge in [0.25, 0.3) is 0 Å². The lowest BCUT2D eigenvalue weighted by atomic mass is 10.0. The van der Waals surface area contributed by atoms with Gasteiger partial charge in [-0.2, -0.15) is 0 Å². The van der Waals surface area contributed by atoms with E-state index >= 15 is 0 Å². The van der Waals surface area contributed by atoms with Gasteiger partial charge in [0.1, 0.15) is 0 Å². The van der Waals surface area contributed by atoms with Crippen molar-refractivity contribution in [3.8, 4) is 0 Å². The van der Waals surface area contributed by atoms with E-state index in [4.69, 9.17) is 5.73 Å². The van der Waals surface area contributed by atoms with Crippen molar-refractivity contribution < 1.29 is 13.5 Å². The van der Waals surface area contributed by atoms with Gasteiger partial charge in [-0.15, -0.1) is 0 Å². The standard InChI is InChI=1S/C17H29NO3S/c1-3-5-7-14(4-2)13-22(20,21)16-9-6-8-15(12-16)17(19)10-11-18/h6,8-9,12,14,17,19H,3-5,7,10-11,13,18H2,1-2H3. The fraction of sp³-hybridized carbons (Fsp3) is 0.647. The van der Waals surface area contributed by atoms with Gasteiger partial charge in [-0.25, -0.2) is 8.42 Å². The Hall–Kier alpha value is -0.910. The number of aliphatic hydroxyl groups is 1. The summed E-state index contributed by atoms with van der Waals surface area (Å²) in [5.74, 6) is 0.377. The average molecular weight is 327 g/mol. The normalized spacial score (nSPS) is 14.7. The Morgan fingerprint density at radius 2 is 1.95 bits per heavy atom. The van der Waals surface area contributed by atoms with Crippen molar-refractivity contribution in [2.45, 2.75) is 57.0 Å². The van der Waals surface area contributed by atoms with Crippen LogP contribution < -0.4 is 5.73 Å². The Bertz CT molecular complexity index is 543. The van der Waals surface area contributed by atoms with Crippen LogP contribution in [-0.2, 0) is 9.84 Å². The lowest BCUT2D eigenvalue weighted by Crippen LogP contribution is -2.16. The molecule has 0 aliphatic rings. The molecular weight excluding hydrogens is 298 g/mol. The molecule has 2 atom stereocenters. The van der Waals surface area contributed by atoms with Crippen LogP contribution in [0.4, 0.5) is 0 Å². The summed E-state index contributed by atoms with van der Waals surface area (Å²) in [5, 5.41) is 9.98. The Balaban J connectivity index is 2.90. The number of sulfone groups is 1. The molecule has 1 aromatic rings. The third-order valence-corrected chi connectivity index (χ3v) is 5.92. The molecule has 3 N–H and O–H groups in total. The lowest BCUT2D eigenvalue weighted by molar-refractivity contribution is 0.170. The van der Waals surface area contributed by atoms with E-state index in [1.54, 1.807) is 24.3 Å². The van der Waals surface area contributed by atoms with Crippen LogP contribution in [0.25, 0.3) is 0 Å². The van der Waals surface area contributed by atoms with E-state index in [2.05, 4.69) is 6.92 Å². The summed E-state index contributed by atoms with van der Waals surface area (Å²) in [7, 11) is -3.32. The summed E-state index contributed by atoms with van der Waals surface area (Å²) in [4.78, 5) is 0.302. The number of unbranched alkanes of at least 4 members (excludes halogenated alkanes) is 1. The Kier molecular flexibility index (Phi) is 8.07. The van der Waals surface area contributed by atoms with E-state index in [-0.39, 0.29) is 11.7 Å². The molecule has 0 fully saturated rings. The maximum Gasteiger partial charge on any atom is 0.178 e. The summed E-state index contributed by atoms with van der Waals surface area (Å²) in [6.07, 6.45) is 3.68. The van der Waals surface area contributed by atoms with E-state index in [9.17, 15) is 13.5 Å². The monoisotopic (exact) mass is 327 g/mol. The van der Waals surface area contributed by atoms with Crippen LogP contribution in [0.2, 0.25) is 0 Å². The Labute approximate surface area is 134 Å². The molecule has 0 heterocycles. The maximum atomic E-state index is 12.6. The molecule has 0 saturated heterocycles. The van der Waals surface area contributed by atoms with E-state index in [1.807, 2.05) is 6.92 Å². The van der Waals surface area contributed by atoms with Crippen molar-refractivity contribution in [2.75, 3.05) is 12.3 Å². The summed E-state index contributed by atoms with van der Waals surface area (Å²) in [6, 6.07) is 6.63. The van der Waals surface area contributed by atoms with E-state index < -0.39 is 15.9 Å². The molecule has 5 heteroatoms. The fourth-order valence-electron chi connectivity index (χ4n) is 2.54. The maximum absolute atomic E-state index is 12.6. The van der Waals surface area contributed by atoms with Gasteiger partial charge >= 0.3 is 0 Å². The van der Waals surface area contributed by atoms with Crippen LogP contribution in [0.15, 0.2) is 29.2 Å². The van der Waals surface area contributed by atoms with Crippen LogP contribution in [0, 0.1) is 5.92 Å². The minimum absolute atomic E-state index is 0.180. The molecule has 0 aliphatic carbocycles. The quantitative estimate of drug-likeness (QED) is 0.692. The van der Waals surface area contributed by atoms with Crippen molar-refractivity contribution in [3.05, 3.63) is 29.8 Å². The first-order chi connectivity index (χ1) is 10.4. The second-order valence-electron chi connectivity index (χ2n) is 5.86. The first kappa shape index (κ1) is 19.1. The molecule has 126 valence electrons. The van der Waals surface area contributed by atoms with Crippen molar-refractivity contribution >= 4 is 9.84 Å². The highest BCUT2D eigenvalue weighted by molar-refractivity contribution is 7.91. The number of hydrogen-bond acceptors (Lipinski definition) is 4. The number of hydrogen-bond donors (Lipinski definition) is 2. The first-order valence-electron chi connectivity index (χ1n) is 8.15. The number of benzene rings is 1. The van der Waals surface area contributed by atoms with Crippen LogP contribution in [0.5, 0.6) is 0 Å². The largest absolute Gasteiger partial charge is 0.388 e. The van der Waals surface area contributed by atoms with Crippen molar-refractivity contribution in [3.63, 3.8) is 0 Å². The highest BCUT2D eigenvalue weighted by Crippen LogP contribution is 2.23. The molecule has 0 bridgehead atoms. The molecule has 4 nitrogen and oxygen atoms in total. The number of aliphatic hydroxyl groups excluding tert-OH is 1. The van der Waals surface area contributed by atoms with E-state index in [0.717, 1.165) is 25.7 Å². The fourth-order valence-corrected chi connectivity index (χ4v) is 4.36. The number of nitrogens with two attached hydrogens (primary N) is 1. The summed E-state index contributed by atoms with van der Waals surface area (Å²) < 4.78 is 25.2. The third-order valence-electron chi connectivity index (χ3n) is 4.04. The molecule has 0 saturated carbocycles. The van der Waals surface area contributed by atoms with Crippen LogP contribution in [0.3, 0.4) is 0 Å². The summed E-state index contributed by atoms with van der Waals surface area (Å²) in [6.45, 7) is 4.52. The predicted octanol–water partition coefficient (Wildman–Crippen LogP) is 3.06. The molecule has 0 aromatic heterocycles. The van der Waals surface area contributed by atoms with Crippen molar-refractivity contribution in [2.24, 2.45) is 11.7 Å². The molecule has 0 spiro atoms. The van der Waals surface area contributed by atoms with Crippen LogP contribution >= 0.6 is 0 Å². The molecule has 2 unspecified atom stereocenters. The van der Waals surface area contributed by atoms with Gasteiger partial charge in [-0.1, -0.05) is 45.2 Å². The molecule has 0 radical (unpaired) electrons. The lowest BCUT2D eigenvalue weighted by Gasteiger charge is -2.16. The highest BCUT2D eigenvalue weighted by Gasteiger charge is 2.21. The topological polar surface area (TPSA) is 80.4 Å². The SMILES string of the molecule is CCCCC(CC)CS(=O)(=O)c1cccc(C(O)CCN)c1. The zero-order valence-electron chi connectivity index (χ0n) is 13.7. The van der Waals surface area contributed by atoms with Gasteiger partial charge in [-0.05, 0) is 43.0 Å². The van der Waals surface area contributed by atoms with Gasteiger partial charge in [0.15, 0.2) is 9.84 Å². The van der Waals surface area contributed by atoms with Crippen LogP contribution in [0.1, 0.15) is 57.6 Å². The molecule has 0 amide bonds. The van der Waals surface area contributed by atoms with Crippen LogP contribution in [-0.4, -0.2) is 25.8 Å². The van der Waals surface area contributed by atoms with Gasteiger partial charge in [0.05, 0.1) is 16.8 Å². The van der Waals surface area contributed by atoms with Crippen molar-refractivity contribution in [1.29, 1.82) is 0 Å². The predicted molar refractivity (Wildman–Crippen MR) is 90.4 cm³/mol. The molecule has 22 heavy (non-hydrogen) atoms. The second kappa shape index (κ2) is 9.28. The summed E-state index contributed by atoms with van der Waals surface area (Å²) >= 11 is 0. The Morgan fingerprint density at radius 3 is 2.55 bits per heavy atom. The Morgan fingerprint density at radius 1 is 1.23 bits per heavy atom. The number of rotatable bonds is 10.